The second-order valence-electron chi connectivity index (χ2n) is 5.12. The largest absolute Gasteiger partial charge is 0.480 e. The van der Waals surface area contributed by atoms with Gasteiger partial charge in [0.25, 0.3) is 5.91 Å². The Labute approximate surface area is 124 Å². The highest BCUT2D eigenvalue weighted by molar-refractivity contribution is 7.14. The topological polar surface area (TPSA) is 66.4 Å². The molecular weight excluding hydrogens is 274 g/mol. The van der Waals surface area contributed by atoms with Crippen LogP contribution >= 0.6 is 11.3 Å². The highest BCUT2D eigenvalue weighted by atomic mass is 32.1. The van der Waals surface area contributed by atoms with Gasteiger partial charge in [-0.25, -0.2) is 4.79 Å². The van der Waals surface area contributed by atoms with Crippen LogP contribution in [0, 0.1) is 12.8 Å². The number of carbonyl (C=O) groups is 2. The van der Waals surface area contributed by atoms with Gasteiger partial charge in [-0.05, 0) is 30.9 Å². The van der Waals surface area contributed by atoms with Crippen molar-refractivity contribution in [1.29, 1.82) is 0 Å². The third-order valence-electron chi connectivity index (χ3n) is 3.53. The first-order valence-electron chi connectivity index (χ1n) is 7.03. The number of carboxylic acid groups (broad SMARTS) is 1. The number of amides is 1. The number of carboxylic acids is 1. The minimum absolute atomic E-state index is 0.0902. The van der Waals surface area contributed by atoms with Crippen LogP contribution < -0.4 is 5.32 Å². The summed E-state index contributed by atoms with van der Waals surface area (Å²) in [5.74, 6) is -1.35. The van der Waals surface area contributed by atoms with Crippen molar-refractivity contribution in [2.75, 3.05) is 0 Å². The highest BCUT2D eigenvalue weighted by Gasteiger charge is 2.26. The van der Waals surface area contributed by atoms with Gasteiger partial charge in [-0.3, -0.25) is 4.79 Å². The van der Waals surface area contributed by atoms with Gasteiger partial charge in [0.05, 0.1) is 4.88 Å². The van der Waals surface area contributed by atoms with Crippen LogP contribution in [0.4, 0.5) is 0 Å². The average molecular weight is 297 g/mol. The maximum Gasteiger partial charge on any atom is 0.326 e. The summed E-state index contributed by atoms with van der Waals surface area (Å²) >= 11 is 1.43. The summed E-state index contributed by atoms with van der Waals surface area (Å²) in [6.45, 7) is 7.85. The number of hydrogen-bond acceptors (Lipinski definition) is 3. The van der Waals surface area contributed by atoms with Crippen molar-refractivity contribution >= 4 is 23.2 Å². The maximum absolute atomic E-state index is 12.2. The lowest BCUT2D eigenvalue weighted by atomic mass is 9.99. The third-order valence-corrected chi connectivity index (χ3v) is 4.62. The second kappa shape index (κ2) is 7.43. The van der Waals surface area contributed by atoms with Crippen molar-refractivity contribution in [3.05, 3.63) is 21.4 Å². The summed E-state index contributed by atoms with van der Waals surface area (Å²) in [5, 5.41) is 11.8. The number of nitrogens with one attached hydrogen (secondary N) is 1. The lowest BCUT2D eigenvalue weighted by Crippen LogP contribution is -2.44. The molecule has 1 aromatic rings. The number of thiophene rings is 1. The molecule has 0 aliphatic rings. The Bertz CT molecular complexity index is 481. The van der Waals surface area contributed by atoms with E-state index in [1.54, 1.807) is 0 Å². The Hall–Kier alpha value is -1.36. The summed E-state index contributed by atoms with van der Waals surface area (Å²) in [5.41, 5.74) is 1.18. The Morgan fingerprint density at radius 3 is 2.55 bits per heavy atom. The second-order valence-corrected chi connectivity index (χ2v) is 6.37. The molecule has 0 aliphatic carbocycles. The van der Waals surface area contributed by atoms with E-state index in [-0.39, 0.29) is 11.8 Å². The molecule has 1 aromatic heterocycles. The molecule has 0 radical (unpaired) electrons. The molecule has 2 atom stereocenters. The SMILES string of the molecule is CCCc1cc(C(=O)NC(C(=O)O)C(C)CC)sc1C. The van der Waals surface area contributed by atoms with E-state index >= 15 is 0 Å². The summed E-state index contributed by atoms with van der Waals surface area (Å²) in [6.07, 6.45) is 2.69. The predicted molar refractivity (Wildman–Crippen MR) is 81.4 cm³/mol. The van der Waals surface area contributed by atoms with Crippen LogP contribution in [0.15, 0.2) is 6.07 Å². The van der Waals surface area contributed by atoms with Crippen LogP contribution in [0.25, 0.3) is 0 Å². The van der Waals surface area contributed by atoms with Gasteiger partial charge in [-0.1, -0.05) is 33.6 Å². The molecule has 1 heterocycles. The van der Waals surface area contributed by atoms with Crippen molar-refractivity contribution in [3.63, 3.8) is 0 Å². The fourth-order valence-corrected chi connectivity index (χ4v) is 3.02. The van der Waals surface area contributed by atoms with Crippen molar-refractivity contribution in [1.82, 2.24) is 5.32 Å². The van der Waals surface area contributed by atoms with Crippen molar-refractivity contribution < 1.29 is 14.7 Å². The molecule has 0 bridgehead atoms. The minimum Gasteiger partial charge on any atom is -0.480 e. The Morgan fingerprint density at radius 1 is 1.40 bits per heavy atom. The molecule has 5 heteroatoms. The maximum atomic E-state index is 12.2. The lowest BCUT2D eigenvalue weighted by Gasteiger charge is -2.19. The molecule has 0 saturated heterocycles. The van der Waals surface area contributed by atoms with Crippen LogP contribution in [0.5, 0.6) is 0 Å². The molecule has 2 N–H and O–H groups in total. The van der Waals surface area contributed by atoms with Crippen LogP contribution in [0.3, 0.4) is 0 Å². The van der Waals surface area contributed by atoms with E-state index in [9.17, 15) is 14.7 Å². The van der Waals surface area contributed by atoms with Crippen molar-refractivity contribution in [2.45, 2.75) is 53.0 Å². The highest BCUT2D eigenvalue weighted by Crippen LogP contribution is 2.23. The van der Waals surface area contributed by atoms with E-state index < -0.39 is 12.0 Å². The molecule has 1 amide bonds. The molecule has 2 unspecified atom stereocenters. The molecule has 0 spiro atoms. The van der Waals surface area contributed by atoms with E-state index in [2.05, 4.69) is 12.2 Å². The molecule has 20 heavy (non-hydrogen) atoms. The predicted octanol–water partition coefficient (Wildman–Crippen LogP) is 3.24. The van der Waals surface area contributed by atoms with Gasteiger partial charge in [0.2, 0.25) is 0 Å². The zero-order chi connectivity index (χ0) is 15.3. The summed E-state index contributed by atoms with van der Waals surface area (Å²) in [7, 11) is 0. The molecule has 0 aliphatic heterocycles. The Balaban J connectivity index is 2.84. The van der Waals surface area contributed by atoms with E-state index in [1.807, 2.05) is 26.8 Å². The van der Waals surface area contributed by atoms with E-state index in [0.717, 1.165) is 17.7 Å². The molecule has 0 aromatic carbocycles. The van der Waals surface area contributed by atoms with Crippen LogP contribution in [0.2, 0.25) is 0 Å². The quantitative estimate of drug-likeness (QED) is 0.812. The van der Waals surface area contributed by atoms with E-state index in [1.165, 1.54) is 16.9 Å². The molecular formula is C15H23NO3S. The first-order valence-corrected chi connectivity index (χ1v) is 7.85. The van der Waals surface area contributed by atoms with E-state index in [0.29, 0.717) is 11.3 Å². The first-order chi connectivity index (χ1) is 9.40. The monoisotopic (exact) mass is 297 g/mol. The van der Waals surface area contributed by atoms with Gasteiger partial charge in [0.1, 0.15) is 6.04 Å². The van der Waals surface area contributed by atoms with Gasteiger partial charge < -0.3 is 10.4 Å². The van der Waals surface area contributed by atoms with Gasteiger partial charge >= 0.3 is 5.97 Å². The van der Waals surface area contributed by atoms with Crippen molar-refractivity contribution in [3.8, 4) is 0 Å². The fourth-order valence-electron chi connectivity index (χ4n) is 2.04. The Morgan fingerprint density at radius 2 is 2.05 bits per heavy atom. The third kappa shape index (κ3) is 4.07. The lowest BCUT2D eigenvalue weighted by molar-refractivity contribution is -0.140. The van der Waals surface area contributed by atoms with Crippen molar-refractivity contribution in [2.24, 2.45) is 5.92 Å². The number of aryl methyl sites for hydroxylation is 2. The summed E-state index contributed by atoms with van der Waals surface area (Å²) < 4.78 is 0. The first kappa shape index (κ1) is 16.7. The fraction of sp³-hybridized carbons (Fsp3) is 0.600. The van der Waals surface area contributed by atoms with Crippen LogP contribution in [-0.4, -0.2) is 23.0 Å². The summed E-state index contributed by atoms with van der Waals surface area (Å²) in [6, 6.07) is 1.05. The number of hydrogen-bond donors (Lipinski definition) is 2. The van der Waals surface area contributed by atoms with E-state index in [4.69, 9.17) is 0 Å². The smallest absolute Gasteiger partial charge is 0.326 e. The normalized spacial score (nSPS) is 13.8. The molecule has 4 nitrogen and oxygen atoms in total. The molecule has 0 saturated carbocycles. The van der Waals surface area contributed by atoms with Gasteiger partial charge in [0.15, 0.2) is 0 Å². The zero-order valence-electron chi connectivity index (χ0n) is 12.5. The standard InChI is InChI=1S/C15H23NO3S/c1-5-7-11-8-12(20-10(11)4)14(17)16-13(15(18)19)9(3)6-2/h8-9,13H,5-7H2,1-4H3,(H,16,17)(H,18,19). The minimum atomic E-state index is -0.977. The molecule has 112 valence electrons. The van der Waals surface area contributed by atoms with Gasteiger partial charge in [-0.15, -0.1) is 11.3 Å². The Kier molecular flexibility index (Phi) is 6.20. The van der Waals surface area contributed by atoms with Crippen LogP contribution in [0.1, 0.15) is 53.7 Å². The molecule has 1 rings (SSSR count). The number of carbonyl (C=O) groups excluding carboxylic acids is 1. The molecule has 0 fully saturated rings. The zero-order valence-corrected chi connectivity index (χ0v) is 13.3. The van der Waals surface area contributed by atoms with Gasteiger partial charge in [0, 0.05) is 4.88 Å². The summed E-state index contributed by atoms with van der Waals surface area (Å²) in [4.78, 5) is 25.1. The number of rotatable bonds is 7. The average Bonchev–Trinajstić information content (AvgIpc) is 2.76. The van der Waals surface area contributed by atoms with Gasteiger partial charge in [-0.2, -0.15) is 0 Å². The van der Waals surface area contributed by atoms with Crippen LogP contribution in [-0.2, 0) is 11.2 Å². The number of aliphatic carboxylic acids is 1.